The van der Waals surface area contributed by atoms with Gasteiger partial charge in [-0.05, 0) is 56.2 Å². The third-order valence-corrected chi connectivity index (χ3v) is 6.06. The van der Waals surface area contributed by atoms with Crippen LogP contribution in [0, 0.1) is 13.8 Å². The molecule has 10 heteroatoms. The van der Waals surface area contributed by atoms with Crippen LogP contribution in [0.5, 0.6) is 0 Å². The Morgan fingerprint density at radius 3 is 2.41 bits per heavy atom. The van der Waals surface area contributed by atoms with Gasteiger partial charge in [0.25, 0.3) is 0 Å². The van der Waals surface area contributed by atoms with E-state index in [1.54, 1.807) is 17.3 Å². The van der Waals surface area contributed by atoms with Gasteiger partial charge < -0.3 is 10.6 Å². The molecule has 3 heterocycles. The van der Waals surface area contributed by atoms with Crippen LogP contribution < -0.4 is 10.6 Å². The van der Waals surface area contributed by atoms with Crippen molar-refractivity contribution in [2.45, 2.75) is 31.2 Å². The van der Waals surface area contributed by atoms with Crippen LogP contribution in [-0.2, 0) is 0 Å². The van der Waals surface area contributed by atoms with Gasteiger partial charge in [0.2, 0.25) is 11.9 Å². The molecule has 4 rings (SSSR count). The molecular weight excluding hydrogens is 422 g/mol. The van der Waals surface area contributed by atoms with Gasteiger partial charge in [-0.25, -0.2) is 0 Å². The van der Waals surface area contributed by atoms with E-state index < -0.39 is 0 Å². The Bertz CT molecular complexity index is 1240. The van der Waals surface area contributed by atoms with E-state index in [1.165, 1.54) is 22.9 Å². The van der Waals surface area contributed by atoms with E-state index in [1.807, 2.05) is 33.2 Å². The Balaban J connectivity index is 1.78. The molecule has 4 aromatic rings. The van der Waals surface area contributed by atoms with E-state index in [-0.39, 0.29) is 11.2 Å². The predicted octanol–water partition coefficient (Wildman–Crippen LogP) is 3.63. The summed E-state index contributed by atoms with van der Waals surface area (Å²) in [6.07, 6.45) is 3.50. The van der Waals surface area contributed by atoms with Crippen molar-refractivity contribution < 1.29 is 0 Å². The summed E-state index contributed by atoms with van der Waals surface area (Å²) in [5.41, 5.74) is 10.3. The molecule has 0 spiro atoms. The Hall–Kier alpha value is -3.53. The molecular formula is C22H25N9S. The summed E-state index contributed by atoms with van der Waals surface area (Å²) in [5, 5.41) is 9.62. The van der Waals surface area contributed by atoms with Crippen molar-refractivity contribution in [2.75, 3.05) is 24.7 Å². The molecule has 0 saturated carbocycles. The van der Waals surface area contributed by atoms with Gasteiger partial charge in [0.1, 0.15) is 5.82 Å². The summed E-state index contributed by atoms with van der Waals surface area (Å²) < 4.78 is 2.06. The van der Waals surface area contributed by atoms with Gasteiger partial charge in [-0.15, -0.1) is 10.2 Å². The SMILES string of the molecule is Cc1ccc(-n2c(SC(C)c3nc(N)nc(N(C)C)n3)nnc2-c2ccncc2)cc1C. The minimum Gasteiger partial charge on any atom is -0.368 e. The third-order valence-electron chi connectivity index (χ3n) is 5.02. The minimum atomic E-state index is -0.126. The van der Waals surface area contributed by atoms with Gasteiger partial charge in [0, 0.05) is 32.1 Å². The number of nitrogens with two attached hydrogens (primary N) is 1. The van der Waals surface area contributed by atoms with Crippen molar-refractivity contribution in [1.29, 1.82) is 0 Å². The molecule has 164 valence electrons. The van der Waals surface area contributed by atoms with Gasteiger partial charge >= 0.3 is 0 Å². The molecule has 0 aliphatic rings. The third kappa shape index (κ3) is 4.40. The highest BCUT2D eigenvalue weighted by atomic mass is 32.2. The molecule has 0 amide bonds. The summed E-state index contributed by atoms with van der Waals surface area (Å²) in [6, 6.07) is 10.2. The smallest absolute Gasteiger partial charge is 0.229 e. The normalized spacial score (nSPS) is 12.0. The number of hydrogen-bond acceptors (Lipinski definition) is 9. The number of thioether (sulfide) groups is 1. The number of aryl methyl sites for hydroxylation is 2. The molecule has 1 unspecified atom stereocenters. The molecule has 0 bridgehead atoms. The van der Waals surface area contributed by atoms with Crippen LogP contribution in [0.2, 0.25) is 0 Å². The highest BCUT2D eigenvalue weighted by molar-refractivity contribution is 7.99. The Labute approximate surface area is 191 Å². The summed E-state index contributed by atoms with van der Waals surface area (Å²) >= 11 is 1.52. The van der Waals surface area contributed by atoms with Gasteiger partial charge in [0.05, 0.1) is 10.9 Å². The van der Waals surface area contributed by atoms with E-state index in [0.717, 1.165) is 22.2 Å². The van der Waals surface area contributed by atoms with Gasteiger partial charge in [-0.1, -0.05) is 17.8 Å². The monoisotopic (exact) mass is 447 g/mol. The summed E-state index contributed by atoms with van der Waals surface area (Å²) in [7, 11) is 3.74. The van der Waals surface area contributed by atoms with Crippen LogP contribution >= 0.6 is 11.8 Å². The number of anilines is 2. The van der Waals surface area contributed by atoms with Crippen LogP contribution in [-0.4, -0.2) is 48.8 Å². The number of benzene rings is 1. The van der Waals surface area contributed by atoms with E-state index in [0.29, 0.717) is 11.8 Å². The fourth-order valence-electron chi connectivity index (χ4n) is 3.12. The molecule has 0 fully saturated rings. The number of aromatic nitrogens is 7. The quantitative estimate of drug-likeness (QED) is 0.443. The second kappa shape index (κ2) is 8.91. The zero-order chi connectivity index (χ0) is 22.8. The van der Waals surface area contributed by atoms with Crippen molar-refractivity contribution in [3.63, 3.8) is 0 Å². The molecule has 32 heavy (non-hydrogen) atoms. The van der Waals surface area contributed by atoms with E-state index in [4.69, 9.17) is 5.73 Å². The molecule has 0 aliphatic carbocycles. The summed E-state index contributed by atoms with van der Waals surface area (Å²) in [5.74, 6) is 2.05. The van der Waals surface area contributed by atoms with Crippen LogP contribution in [0.3, 0.4) is 0 Å². The van der Waals surface area contributed by atoms with Crippen molar-refractivity contribution in [3.8, 4) is 17.1 Å². The summed E-state index contributed by atoms with van der Waals surface area (Å²) in [4.78, 5) is 19.0. The number of nitrogen functional groups attached to an aromatic ring is 1. The Kier molecular flexibility index (Phi) is 6.04. The highest BCUT2D eigenvalue weighted by Crippen LogP contribution is 2.36. The van der Waals surface area contributed by atoms with Crippen molar-refractivity contribution >= 4 is 23.7 Å². The number of pyridine rings is 1. The lowest BCUT2D eigenvalue weighted by Crippen LogP contribution is -2.16. The highest BCUT2D eigenvalue weighted by Gasteiger charge is 2.22. The van der Waals surface area contributed by atoms with Crippen molar-refractivity contribution in [3.05, 3.63) is 59.7 Å². The first-order valence-corrected chi connectivity index (χ1v) is 11.0. The van der Waals surface area contributed by atoms with Gasteiger partial charge in [-0.2, -0.15) is 15.0 Å². The maximum absolute atomic E-state index is 5.92. The second-order valence-corrected chi connectivity index (χ2v) is 8.96. The molecule has 0 saturated heterocycles. The number of nitrogens with zero attached hydrogens (tertiary/aromatic N) is 8. The fourth-order valence-corrected chi connectivity index (χ4v) is 4.03. The number of hydrogen-bond donors (Lipinski definition) is 1. The number of rotatable bonds is 6. The topological polar surface area (TPSA) is 112 Å². The molecule has 0 aliphatic heterocycles. The molecule has 3 aromatic heterocycles. The average molecular weight is 448 g/mol. The fraction of sp³-hybridized carbons (Fsp3) is 0.273. The minimum absolute atomic E-state index is 0.126. The van der Waals surface area contributed by atoms with Gasteiger partial charge in [-0.3, -0.25) is 9.55 Å². The molecule has 2 N–H and O–H groups in total. The lowest BCUT2D eigenvalue weighted by molar-refractivity contribution is 0.843. The van der Waals surface area contributed by atoms with Crippen molar-refractivity contribution in [2.24, 2.45) is 0 Å². The maximum Gasteiger partial charge on any atom is 0.229 e. The lowest BCUT2D eigenvalue weighted by Gasteiger charge is -2.16. The van der Waals surface area contributed by atoms with Crippen molar-refractivity contribution in [1.82, 2.24) is 34.7 Å². The van der Waals surface area contributed by atoms with E-state index in [9.17, 15) is 0 Å². The molecule has 1 atom stereocenters. The van der Waals surface area contributed by atoms with Crippen LogP contribution in [0.4, 0.5) is 11.9 Å². The molecule has 0 radical (unpaired) electrons. The molecule has 1 aromatic carbocycles. The first kappa shape index (κ1) is 21.7. The largest absolute Gasteiger partial charge is 0.368 e. The lowest BCUT2D eigenvalue weighted by atomic mass is 10.1. The first-order chi connectivity index (χ1) is 15.3. The standard InChI is InChI=1S/C22H25N9S/c1-13-6-7-17(12-14(13)2)31-19(16-8-10-24-11-9-16)28-29-22(31)32-15(3)18-25-20(23)27-21(26-18)30(4)5/h6-12,15H,1-5H3,(H2,23,25,26,27). The molecule has 9 nitrogen and oxygen atoms in total. The van der Waals surface area contributed by atoms with Gasteiger partial charge in [0.15, 0.2) is 11.0 Å². The average Bonchev–Trinajstić information content (AvgIpc) is 3.19. The Morgan fingerprint density at radius 1 is 0.969 bits per heavy atom. The van der Waals surface area contributed by atoms with E-state index >= 15 is 0 Å². The second-order valence-electron chi connectivity index (χ2n) is 7.65. The van der Waals surface area contributed by atoms with Crippen LogP contribution in [0.25, 0.3) is 17.1 Å². The van der Waals surface area contributed by atoms with E-state index in [2.05, 4.69) is 66.7 Å². The zero-order valence-electron chi connectivity index (χ0n) is 18.7. The Morgan fingerprint density at radius 2 is 1.72 bits per heavy atom. The van der Waals surface area contributed by atoms with Crippen LogP contribution in [0.1, 0.15) is 29.1 Å². The summed E-state index contributed by atoms with van der Waals surface area (Å²) in [6.45, 7) is 6.21. The first-order valence-electron chi connectivity index (χ1n) is 10.1. The maximum atomic E-state index is 5.92. The zero-order valence-corrected chi connectivity index (χ0v) is 19.5. The predicted molar refractivity (Wildman–Crippen MR) is 127 cm³/mol. The van der Waals surface area contributed by atoms with Crippen LogP contribution in [0.15, 0.2) is 47.9 Å².